The highest BCUT2D eigenvalue weighted by Gasteiger charge is 2.17. The van der Waals surface area contributed by atoms with Gasteiger partial charge < -0.3 is 5.73 Å². The fraction of sp³-hybridized carbons (Fsp3) is 0.214. The van der Waals surface area contributed by atoms with Crippen molar-refractivity contribution in [2.45, 2.75) is 18.2 Å². The van der Waals surface area contributed by atoms with E-state index in [0.717, 1.165) is 23.1 Å². The first kappa shape index (κ1) is 13.5. The molecule has 0 atom stereocenters. The Morgan fingerprint density at radius 3 is 2.37 bits per heavy atom. The van der Waals surface area contributed by atoms with Gasteiger partial charge in [0.1, 0.15) is 10.7 Å². The van der Waals surface area contributed by atoms with Crippen molar-refractivity contribution in [3.63, 3.8) is 0 Å². The van der Waals surface area contributed by atoms with Crippen LogP contribution in [0.2, 0.25) is 0 Å². The van der Waals surface area contributed by atoms with Gasteiger partial charge in [0, 0.05) is 11.8 Å². The summed E-state index contributed by atoms with van der Waals surface area (Å²) in [7, 11) is -3.38. The molecule has 0 saturated carbocycles. The lowest BCUT2D eigenvalue weighted by Gasteiger charge is -2.11. The van der Waals surface area contributed by atoms with Gasteiger partial charge in [-0.25, -0.2) is 13.4 Å². The van der Waals surface area contributed by atoms with Crippen molar-refractivity contribution in [3.8, 4) is 11.1 Å². The first-order valence-electron chi connectivity index (χ1n) is 5.98. The number of sulfone groups is 1. The minimum atomic E-state index is -3.38. The highest BCUT2D eigenvalue weighted by molar-refractivity contribution is 7.90. The molecule has 5 heteroatoms. The second-order valence-corrected chi connectivity index (χ2v) is 6.34. The maximum Gasteiger partial charge on any atom is 0.179 e. The zero-order chi connectivity index (χ0) is 14.0. The van der Waals surface area contributed by atoms with E-state index in [1.807, 2.05) is 37.3 Å². The van der Waals surface area contributed by atoms with E-state index in [1.165, 1.54) is 0 Å². The van der Waals surface area contributed by atoms with E-state index >= 15 is 0 Å². The van der Waals surface area contributed by atoms with Gasteiger partial charge in [-0.3, -0.25) is 0 Å². The maximum atomic E-state index is 11.7. The third-order valence-electron chi connectivity index (χ3n) is 2.91. The smallest absolute Gasteiger partial charge is 0.179 e. The molecule has 0 unspecified atom stereocenters. The second kappa shape index (κ2) is 5.01. The molecule has 0 saturated heterocycles. The number of aryl methyl sites for hydroxylation is 1. The molecule has 0 aliphatic carbocycles. The average Bonchev–Trinajstić information content (AvgIpc) is 2.38. The van der Waals surface area contributed by atoms with Crippen LogP contribution in [0.4, 0.5) is 5.82 Å². The standard InChI is InChI=1S/C14H16N2O2S/c1-3-12-11(10-7-5-4-6-8-10)9-13(14(15)16-12)19(2,17)18/h4-9H,3H2,1-2H3,(H2,15,16). The maximum absolute atomic E-state index is 11.7. The molecule has 4 nitrogen and oxygen atoms in total. The van der Waals surface area contributed by atoms with Gasteiger partial charge in [-0.05, 0) is 18.1 Å². The van der Waals surface area contributed by atoms with E-state index in [-0.39, 0.29) is 10.7 Å². The number of pyridine rings is 1. The molecular weight excluding hydrogens is 260 g/mol. The number of hydrogen-bond acceptors (Lipinski definition) is 4. The van der Waals surface area contributed by atoms with Crippen molar-refractivity contribution < 1.29 is 8.42 Å². The van der Waals surface area contributed by atoms with E-state index in [4.69, 9.17) is 5.73 Å². The summed E-state index contributed by atoms with van der Waals surface area (Å²) in [6, 6.07) is 11.2. The van der Waals surface area contributed by atoms with Crippen LogP contribution in [-0.2, 0) is 16.3 Å². The zero-order valence-corrected chi connectivity index (χ0v) is 11.7. The lowest BCUT2D eigenvalue weighted by molar-refractivity contribution is 0.602. The zero-order valence-electron chi connectivity index (χ0n) is 10.9. The highest BCUT2D eigenvalue weighted by Crippen LogP contribution is 2.28. The fourth-order valence-corrected chi connectivity index (χ4v) is 2.74. The predicted molar refractivity (Wildman–Crippen MR) is 76.6 cm³/mol. The SMILES string of the molecule is CCc1nc(N)c(S(C)(=O)=O)cc1-c1ccccc1. The molecule has 0 spiro atoms. The topological polar surface area (TPSA) is 73.0 Å². The van der Waals surface area contributed by atoms with E-state index in [2.05, 4.69) is 4.98 Å². The first-order chi connectivity index (χ1) is 8.93. The molecular formula is C14H16N2O2S. The van der Waals surface area contributed by atoms with Crippen LogP contribution in [0.5, 0.6) is 0 Å². The van der Waals surface area contributed by atoms with Crippen molar-refractivity contribution in [1.29, 1.82) is 0 Å². The first-order valence-corrected chi connectivity index (χ1v) is 7.87. The molecule has 1 aromatic heterocycles. The normalized spacial score (nSPS) is 11.5. The Hall–Kier alpha value is -1.88. The number of benzene rings is 1. The minimum Gasteiger partial charge on any atom is -0.383 e. The predicted octanol–water partition coefficient (Wildman–Crippen LogP) is 2.30. The molecule has 2 rings (SSSR count). The van der Waals surface area contributed by atoms with Gasteiger partial charge in [0.25, 0.3) is 0 Å². The second-order valence-electron chi connectivity index (χ2n) is 4.36. The molecule has 1 heterocycles. The summed E-state index contributed by atoms with van der Waals surface area (Å²) in [5.41, 5.74) is 8.30. The number of nitrogen functional groups attached to an aromatic ring is 1. The van der Waals surface area contributed by atoms with Crippen LogP contribution in [0, 0.1) is 0 Å². The van der Waals surface area contributed by atoms with Crippen LogP contribution in [0.15, 0.2) is 41.3 Å². The van der Waals surface area contributed by atoms with E-state index in [9.17, 15) is 8.42 Å². The molecule has 2 N–H and O–H groups in total. The molecule has 0 bridgehead atoms. The number of rotatable bonds is 3. The van der Waals surface area contributed by atoms with Crippen LogP contribution in [0.25, 0.3) is 11.1 Å². The van der Waals surface area contributed by atoms with Gasteiger partial charge in [0.05, 0.1) is 5.69 Å². The molecule has 0 fully saturated rings. The van der Waals surface area contributed by atoms with Gasteiger partial charge in [-0.15, -0.1) is 0 Å². The number of anilines is 1. The summed E-state index contributed by atoms with van der Waals surface area (Å²) in [4.78, 5) is 4.32. The fourth-order valence-electron chi connectivity index (χ4n) is 1.98. The Kier molecular flexibility index (Phi) is 3.57. The molecule has 0 amide bonds. The van der Waals surface area contributed by atoms with Crippen molar-refractivity contribution >= 4 is 15.7 Å². The highest BCUT2D eigenvalue weighted by atomic mass is 32.2. The lowest BCUT2D eigenvalue weighted by atomic mass is 10.0. The number of hydrogen-bond donors (Lipinski definition) is 1. The molecule has 0 radical (unpaired) electrons. The van der Waals surface area contributed by atoms with Crippen molar-refractivity contribution in [3.05, 3.63) is 42.1 Å². The van der Waals surface area contributed by atoms with E-state index in [0.29, 0.717) is 6.42 Å². The van der Waals surface area contributed by atoms with Crippen LogP contribution in [0.3, 0.4) is 0 Å². The van der Waals surface area contributed by atoms with Crippen LogP contribution in [-0.4, -0.2) is 19.7 Å². The Balaban J connectivity index is 2.73. The number of nitrogens with zero attached hydrogens (tertiary/aromatic N) is 1. The summed E-state index contributed by atoms with van der Waals surface area (Å²) in [5, 5.41) is 0. The summed E-state index contributed by atoms with van der Waals surface area (Å²) in [6.45, 7) is 1.97. The van der Waals surface area contributed by atoms with E-state index < -0.39 is 9.84 Å². The van der Waals surface area contributed by atoms with Gasteiger partial charge in [-0.2, -0.15) is 0 Å². The summed E-state index contributed by atoms with van der Waals surface area (Å²) >= 11 is 0. The average molecular weight is 276 g/mol. The quantitative estimate of drug-likeness (QED) is 0.933. The third-order valence-corrected chi connectivity index (χ3v) is 4.04. The monoisotopic (exact) mass is 276 g/mol. The van der Waals surface area contributed by atoms with Crippen LogP contribution in [0.1, 0.15) is 12.6 Å². The molecule has 2 aromatic rings. The Bertz CT molecular complexity index is 695. The summed E-state index contributed by atoms with van der Waals surface area (Å²) in [5.74, 6) is 0.0685. The van der Waals surface area contributed by atoms with Crippen LogP contribution >= 0.6 is 0 Å². The molecule has 100 valence electrons. The summed E-state index contributed by atoms with van der Waals surface area (Å²) in [6.07, 6.45) is 1.83. The van der Waals surface area contributed by atoms with Crippen LogP contribution < -0.4 is 5.73 Å². The Labute approximate surface area is 113 Å². The summed E-state index contributed by atoms with van der Waals surface area (Å²) < 4.78 is 23.4. The molecule has 19 heavy (non-hydrogen) atoms. The largest absolute Gasteiger partial charge is 0.383 e. The van der Waals surface area contributed by atoms with Gasteiger partial charge in [-0.1, -0.05) is 37.3 Å². The Morgan fingerprint density at radius 2 is 1.84 bits per heavy atom. The van der Waals surface area contributed by atoms with Gasteiger partial charge in [0.15, 0.2) is 9.84 Å². The number of aromatic nitrogens is 1. The number of nitrogens with two attached hydrogens (primary N) is 1. The minimum absolute atomic E-state index is 0.0685. The molecule has 0 aliphatic rings. The Morgan fingerprint density at radius 1 is 1.21 bits per heavy atom. The van der Waals surface area contributed by atoms with Gasteiger partial charge >= 0.3 is 0 Å². The molecule has 1 aromatic carbocycles. The molecule has 0 aliphatic heterocycles. The van der Waals surface area contributed by atoms with E-state index in [1.54, 1.807) is 6.07 Å². The van der Waals surface area contributed by atoms with Crippen molar-refractivity contribution in [2.75, 3.05) is 12.0 Å². The third kappa shape index (κ3) is 2.76. The lowest BCUT2D eigenvalue weighted by Crippen LogP contribution is -2.07. The van der Waals surface area contributed by atoms with Crippen molar-refractivity contribution in [1.82, 2.24) is 4.98 Å². The van der Waals surface area contributed by atoms with Crippen molar-refractivity contribution in [2.24, 2.45) is 0 Å². The van der Waals surface area contributed by atoms with Gasteiger partial charge in [0.2, 0.25) is 0 Å².